The van der Waals surface area contributed by atoms with Gasteiger partial charge in [0.1, 0.15) is 12.1 Å². The van der Waals surface area contributed by atoms with Crippen LogP contribution in [0.15, 0.2) is 36.8 Å². The van der Waals surface area contributed by atoms with E-state index in [4.69, 9.17) is 4.74 Å². The van der Waals surface area contributed by atoms with E-state index in [9.17, 15) is 0 Å². The molecule has 124 valence electrons. The van der Waals surface area contributed by atoms with Gasteiger partial charge in [0.2, 0.25) is 5.88 Å². The molecule has 24 heavy (non-hydrogen) atoms. The van der Waals surface area contributed by atoms with Crippen molar-refractivity contribution in [2.75, 3.05) is 24.6 Å². The lowest BCUT2D eigenvalue weighted by atomic mass is 9.98. The topological polar surface area (TPSA) is 68.4 Å². The molecule has 0 aromatic carbocycles. The monoisotopic (exact) mass is 324 g/mol. The largest absolute Gasteiger partial charge is 0.477 e. The lowest BCUT2D eigenvalue weighted by Gasteiger charge is -2.32. The molecule has 1 fully saturated rings. The first kappa shape index (κ1) is 14.9. The Balaban J connectivity index is 1.34. The normalized spacial score (nSPS) is 15.8. The Bertz CT molecular complexity index is 825. The molecule has 0 saturated carbocycles. The number of aryl methyl sites for hydroxylation is 1. The third-order valence-electron chi connectivity index (χ3n) is 4.50. The van der Waals surface area contributed by atoms with Gasteiger partial charge in [-0.2, -0.15) is 4.52 Å². The van der Waals surface area contributed by atoms with Crippen molar-refractivity contribution < 1.29 is 4.74 Å². The molecular weight excluding hydrogens is 304 g/mol. The molecule has 0 radical (unpaired) electrons. The molecule has 0 N–H and O–H groups in total. The first-order chi connectivity index (χ1) is 11.8. The molecule has 0 bridgehead atoms. The second-order valence-electron chi connectivity index (χ2n) is 6.19. The number of ether oxygens (including phenoxy) is 1. The van der Waals surface area contributed by atoms with Crippen LogP contribution in [0.1, 0.15) is 18.4 Å². The van der Waals surface area contributed by atoms with Crippen LogP contribution in [0.2, 0.25) is 0 Å². The molecule has 0 spiro atoms. The maximum atomic E-state index is 5.90. The predicted octanol–water partition coefficient (Wildman–Crippen LogP) is 2.12. The molecule has 3 aromatic rings. The third-order valence-corrected chi connectivity index (χ3v) is 4.50. The van der Waals surface area contributed by atoms with E-state index in [0.29, 0.717) is 5.92 Å². The number of rotatable bonds is 4. The van der Waals surface area contributed by atoms with E-state index in [-0.39, 0.29) is 0 Å². The average molecular weight is 324 g/mol. The number of fused-ring (bicyclic) bond motifs is 1. The van der Waals surface area contributed by atoms with Crippen molar-refractivity contribution in [1.29, 1.82) is 0 Å². The van der Waals surface area contributed by atoms with E-state index >= 15 is 0 Å². The number of aromatic nitrogens is 5. The van der Waals surface area contributed by atoms with E-state index < -0.39 is 0 Å². The van der Waals surface area contributed by atoms with Gasteiger partial charge in [-0.15, -0.1) is 15.3 Å². The van der Waals surface area contributed by atoms with E-state index in [1.54, 1.807) is 17.0 Å². The van der Waals surface area contributed by atoms with Gasteiger partial charge in [0, 0.05) is 24.8 Å². The predicted molar refractivity (Wildman–Crippen MR) is 90.2 cm³/mol. The highest BCUT2D eigenvalue weighted by Crippen LogP contribution is 2.23. The van der Waals surface area contributed by atoms with Crippen LogP contribution in [0.5, 0.6) is 5.88 Å². The molecular formula is C17H20N6O. The fraction of sp³-hybridized carbons (Fsp3) is 0.412. The highest BCUT2D eigenvalue weighted by atomic mass is 16.5. The van der Waals surface area contributed by atoms with E-state index in [2.05, 4.69) is 25.2 Å². The second kappa shape index (κ2) is 6.43. The van der Waals surface area contributed by atoms with E-state index in [0.717, 1.165) is 55.4 Å². The van der Waals surface area contributed by atoms with Crippen molar-refractivity contribution in [3.63, 3.8) is 0 Å². The molecule has 7 heteroatoms. The van der Waals surface area contributed by atoms with Gasteiger partial charge in [-0.3, -0.25) is 0 Å². The molecule has 1 aliphatic heterocycles. The third kappa shape index (κ3) is 3.02. The first-order valence-corrected chi connectivity index (χ1v) is 8.26. The Morgan fingerprint density at radius 2 is 2.08 bits per heavy atom. The van der Waals surface area contributed by atoms with Gasteiger partial charge in [0.15, 0.2) is 5.65 Å². The summed E-state index contributed by atoms with van der Waals surface area (Å²) in [6.45, 7) is 4.72. The summed E-state index contributed by atoms with van der Waals surface area (Å²) in [6, 6.07) is 7.92. The fourth-order valence-corrected chi connectivity index (χ4v) is 3.03. The zero-order valence-electron chi connectivity index (χ0n) is 13.7. The summed E-state index contributed by atoms with van der Waals surface area (Å²) < 4.78 is 7.62. The lowest BCUT2D eigenvalue weighted by molar-refractivity contribution is 0.214. The molecule has 3 aromatic heterocycles. The summed E-state index contributed by atoms with van der Waals surface area (Å²) >= 11 is 0. The highest BCUT2D eigenvalue weighted by Gasteiger charge is 2.21. The molecule has 4 rings (SSSR count). The van der Waals surface area contributed by atoms with Crippen LogP contribution in [0.25, 0.3) is 5.65 Å². The Kier molecular flexibility index (Phi) is 3.98. The van der Waals surface area contributed by atoms with Crippen LogP contribution in [-0.4, -0.2) is 44.5 Å². The Morgan fingerprint density at radius 1 is 1.21 bits per heavy atom. The van der Waals surface area contributed by atoms with Gasteiger partial charge in [-0.05, 0) is 43.9 Å². The molecule has 0 unspecified atom stereocenters. The van der Waals surface area contributed by atoms with Gasteiger partial charge in [0.25, 0.3) is 0 Å². The minimum atomic E-state index is 0.557. The van der Waals surface area contributed by atoms with Crippen LogP contribution in [0.4, 0.5) is 5.82 Å². The molecule has 4 heterocycles. The van der Waals surface area contributed by atoms with Crippen LogP contribution in [0, 0.1) is 12.8 Å². The van der Waals surface area contributed by atoms with Crippen LogP contribution in [0.3, 0.4) is 0 Å². The van der Waals surface area contributed by atoms with Crippen LogP contribution >= 0.6 is 0 Å². The Morgan fingerprint density at radius 3 is 2.92 bits per heavy atom. The summed E-state index contributed by atoms with van der Waals surface area (Å²) in [5.41, 5.74) is 1.86. The van der Waals surface area contributed by atoms with Crippen LogP contribution in [-0.2, 0) is 0 Å². The first-order valence-electron chi connectivity index (χ1n) is 8.26. The standard InChI is InChI=1S/C17H20N6O/c1-13-3-2-8-18-17(13)24-11-14-6-9-22(10-7-14)16-5-4-15-20-19-12-23(15)21-16/h2-5,8,12,14H,6-7,9-11H2,1H3. The summed E-state index contributed by atoms with van der Waals surface area (Å²) in [5.74, 6) is 2.28. The van der Waals surface area contributed by atoms with Crippen molar-refractivity contribution in [1.82, 2.24) is 24.8 Å². The number of pyridine rings is 1. The molecule has 1 aliphatic rings. The van der Waals surface area contributed by atoms with Crippen molar-refractivity contribution in [2.45, 2.75) is 19.8 Å². The van der Waals surface area contributed by atoms with Gasteiger partial charge in [0.05, 0.1) is 6.61 Å². The van der Waals surface area contributed by atoms with Crippen molar-refractivity contribution in [2.24, 2.45) is 5.92 Å². The van der Waals surface area contributed by atoms with Crippen molar-refractivity contribution in [3.8, 4) is 5.88 Å². The van der Waals surface area contributed by atoms with Crippen molar-refractivity contribution in [3.05, 3.63) is 42.4 Å². The maximum Gasteiger partial charge on any atom is 0.216 e. The molecule has 0 aliphatic carbocycles. The Labute approximate surface area is 140 Å². The summed E-state index contributed by atoms with van der Waals surface area (Å²) in [7, 11) is 0. The molecule has 7 nitrogen and oxygen atoms in total. The summed E-state index contributed by atoms with van der Waals surface area (Å²) in [4.78, 5) is 6.60. The molecule has 0 atom stereocenters. The summed E-state index contributed by atoms with van der Waals surface area (Å²) in [6.07, 6.45) is 5.59. The average Bonchev–Trinajstić information content (AvgIpc) is 3.09. The fourth-order valence-electron chi connectivity index (χ4n) is 3.03. The number of anilines is 1. The summed E-state index contributed by atoms with van der Waals surface area (Å²) in [5, 5.41) is 12.4. The zero-order valence-corrected chi connectivity index (χ0v) is 13.7. The van der Waals surface area contributed by atoms with E-state index in [1.807, 2.05) is 31.2 Å². The number of nitrogens with zero attached hydrogens (tertiary/aromatic N) is 6. The van der Waals surface area contributed by atoms with Gasteiger partial charge < -0.3 is 9.64 Å². The highest BCUT2D eigenvalue weighted by molar-refractivity contribution is 5.45. The Hall–Kier alpha value is -2.70. The number of hydrogen-bond donors (Lipinski definition) is 0. The minimum absolute atomic E-state index is 0.557. The smallest absolute Gasteiger partial charge is 0.216 e. The number of piperidine rings is 1. The van der Waals surface area contributed by atoms with Gasteiger partial charge in [-0.1, -0.05) is 6.07 Å². The van der Waals surface area contributed by atoms with E-state index in [1.165, 1.54) is 0 Å². The lowest BCUT2D eigenvalue weighted by Crippen LogP contribution is -2.36. The zero-order chi connectivity index (χ0) is 16.4. The molecule has 0 amide bonds. The molecule has 1 saturated heterocycles. The van der Waals surface area contributed by atoms with Gasteiger partial charge in [-0.25, -0.2) is 4.98 Å². The number of hydrogen-bond acceptors (Lipinski definition) is 6. The quantitative estimate of drug-likeness (QED) is 0.732. The second-order valence-corrected chi connectivity index (χ2v) is 6.19. The maximum absolute atomic E-state index is 5.90. The van der Waals surface area contributed by atoms with Gasteiger partial charge >= 0.3 is 0 Å². The SMILES string of the molecule is Cc1cccnc1OCC1CCN(c2ccc3nncn3n2)CC1. The minimum Gasteiger partial charge on any atom is -0.477 e. The van der Waals surface area contributed by atoms with Crippen LogP contribution < -0.4 is 9.64 Å². The van der Waals surface area contributed by atoms with Crippen molar-refractivity contribution >= 4 is 11.5 Å².